The van der Waals surface area contributed by atoms with Gasteiger partial charge in [-0.15, -0.1) is 0 Å². The van der Waals surface area contributed by atoms with Crippen molar-refractivity contribution in [1.82, 2.24) is 15.5 Å². The van der Waals surface area contributed by atoms with Gasteiger partial charge in [0.1, 0.15) is 17.8 Å². The van der Waals surface area contributed by atoms with E-state index in [4.69, 9.17) is 0 Å². The average Bonchev–Trinajstić information content (AvgIpc) is 3.33. The van der Waals surface area contributed by atoms with E-state index >= 15 is 0 Å². The summed E-state index contributed by atoms with van der Waals surface area (Å²) in [4.78, 5) is 40.1. The molecule has 1 unspecified atom stereocenters. The molecule has 0 aromatic heterocycles. The summed E-state index contributed by atoms with van der Waals surface area (Å²) in [6, 6.07) is 14.1. The number of carbonyl (C=O) groups is 3. The SMILES string of the molecule is CC(C)(F)C[C@H](N[C@@H](c1ccc(-c2ccc(S(C)(=O)=O)cc2)cc1)C(F)(F)F)C(=O)NC1CN(C(=O)c2ccccc2)CC1=O. The fraction of sp³-hybridized carbons (Fsp3) is 0.344. The van der Waals surface area contributed by atoms with Crippen molar-refractivity contribution >= 4 is 27.4 Å². The molecule has 0 radical (unpaired) electrons. The molecule has 1 aliphatic heterocycles. The Hall–Kier alpha value is -4.10. The van der Waals surface area contributed by atoms with Crippen LogP contribution in [-0.2, 0) is 19.4 Å². The first-order valence-corrected chi connectivity index (χ1v) is 15.9. The van der Waals surface area contributed by atoms with Crippen molar-refractivity contribution in [3.05, 3.63) is 90.0 Å². The van der Waals surface area contributed by atoms with Crippen LogP contribution in [0.15, 0.2) is 83.8 Å². The van der Waals surface area contributed by atoms with Crippen molar-refractivity contribution < 1.29 is 40.4 Å². The lowest BCUT2D eigenvalue weighted by atomic mass is 9.96. The van der Waals surface area contributed by atoms with Crippen LogP contribution >= 0.6 is 0 Å². The van der Waals surface area contributed by atoms with E-state index < -0.39 is 63.8 Å². The van der Waals surface area contributed by atoms with Gasteiger partial charge < -0.3 is 10.2 Å². The van der Waals surface area contributed by atoms with Crippen LogP contribution < -0.4 is 10.6 Å². The normalized spacial score (nSPS) is 17.2. The number of benzene rings is 3. The number of amides is 2. The van der Waals surface area contributed by atoms with Gasteiger partial charge in [0.25, 0.3) is 5.91 Å². The number of carbonyl (C=O) groups excluding carboxylic acids is 3. The molecule has 0 saturated carbocycles. The third-order valence-electron chi connectivity index (χ3n) is 7.32. The number of nitrogens with zero attached hydrogens (tertiary/aromatic N) is 1. The zero-order valence-electron chi connectivity index (χ0n) is 24.8. The van der Waals surface area contributed by atoms with Crippen LogP contribution in [0.4, 0.5) is 17.6 Å². The predicted octanol–water partition coefficient (Wildman–Crippen LogP) is 4.67. The monoisotopic (exact) mass is 647 g/mol. The lowest BCUT2D eigenvalue weighted by Crippen LogP contribution is -2.54. The molecule has 0 spiro atoms. The van der Waals surface area contributed by atoms with Gasteiger partial charge in [-0.25, -0.2) is 12.8 Å². The topological polar surface area (TPSA) is 113 Å². The number of ketones is 1. The van der Waals surface area contributed by atoms with Crippen LogP contribution in [0.1, 0.15) is 42.2 Å². The van der Waals surface area contributed by atoms with E-state index in [1.165, 1.54) is 53.4 Å². The summed E-state index contributed by atoms with van der Waals surface area (Å²) in [6.07, 6.45) is -4.46. The molecule has 1 fully saturated rings. The maximum absolute atomic E-state index is 14.8. The van der Waals surface area contributed by atoms with Crippen LogP contribution in [0.25, 0.3) is 11.1 Å². The second-order valence-electron chi connectivity index (χ2n) is 11.6. The van der Waals surface area contributed by atoms with Crippen LogP contribution in [0.3, 0.4) is 0 Å². The molecular formula is C32H33F4N3O5S. The quantitative estimate of drug-likeness (QED) is 0.310. The molecule has 1 saturated heterocycles. The highest BCUT2D eigenvalue weighted by molar-refractivity contribution is 7.90. The van der Waals surface area contributed by atoms with Gasteiger partial charge in [0.05, 0.1) is 17.5 Å². The molecular weight excluding hydrogens is 614 g/mol. The molecule has 0 aliphatic carbocycles. The standard InChI is InChI=1S/C32H33F4N3O5S/c1-31(2,33)17-25(29(41)38-26-18-39(19-27(26)40)30(42)23-7-5-4-6-8-23)37-28(32(34,35)36)22-11-9-20(10-12-22)21-13-15-24(16-14-21)45(3,43)44/h4-16,25-26,28,37H,17-19H2,1-3H3,(H,38,41)/t25-,26?,28-/m0/s1. The number of halogens is 4. The van der Waals surface area contributed by atoms with Crippen molar-refractivity contribution in [2.75, 3.05) is 19.3 Å². The van der Waals surface area contributed by atoms with Crippen LogP contribution in [0.2, 0.25) is 0 Å². The van der Waals surface area contributed by atoms with Crippen molar-refractivity contribution in [3.8, 4) is 11.1 Å². The van der Waals surface area contributed by atoms with Gasteiger partial charge in [-0.3, -0.25) is 19.7 Å². The lowest BCUT2D eigenvalue weighted by molar-refractivity contribution is -0.161. The van der Waals surface area contributed by atoms with E-state index in [-0.39, 0.29) is 23.5 Å². The van der Waals surface area contributed by atoms with Gasteiger partial charge in [0.2, 0.25) is 5.91 Å². The van der Waals surface area contributed by atoms with Gasteiger partial charge in [0.15, 0.2) is 15.6 Å². The van der Waals surface area contributed by atoms with Gasteiger partial charge in [0, 0.05) is 24.8 Å². The van der Waals surface area contributed by atoms with Crippen LogP contribution in [0.5, 0.6) is 0 Å². The van der Waals surface area contributed by atoms with E-state index in [1.54, 1.807) is 30.3 Å². The molecule has 2 amide bonds. The minimum absolute atomic E-state index is 0.0964. The molecule has 8 nitrogen and oxygen atoms in total. The number of Topliss-reactive ketones (excluding diaryl/α,β-unsaturated/α-hetero) is 1. The van der Waals surface area contributed by atoms with Crippen LogP contribution in [-0.4, -0.2) is 74.2 Å². The van der Waals surface area contributed by atoms with Crippen LogP contribution in [0, 0.1) is 0 Å². The molecule has 3 atom stereocenters. The summed E-state index contributed by atoms with van der Waals surface area (Å²) in [7, 11) is -3.43. The highest BCUT2D eigenvalue weighted by Gasteiger charge is 2.44. The first-order chi connectivity index (χ1) is 20.9. The number of alkyl halides is 4. The Balaban J connectivity index is 1.52. The van der Waals surface area contributed by atoms with E-state index in [0.717, 1.165) is 20.1 Å². The third-order valence-corrected chi connectivity index (χ3v) is 8.45. The second-order valence-corrected chi connectivity index (χ2v) is 13.6. The Bertz CT molecular complexity index is 1640. The molecule has 1 aliphatic rings. The molecule has 0 bridgehead atoms. The van der Waals surface area contributed by atoms with Crippen molar-refractivity contribution in [2.24, 2.45) is 0 Å². The fourth-order valence-electron chi connectivity index (χ4n) is 5.06. The minimum atomic E-state index is -4.89. The fourth-order valence-corrected chi connectivity index (χ4v) is 5.69. The maximum atomic E-state index is 14.8. The number of sulfone groups is 1. The van der Waals surface area contributed by atoms with Crippen molar-refractivity contribution in [3.63, 3.8) is 0 Å². The molecule has 2 N–H and O–H groups in total. The molecule has 3 aromatic rings. The summed E-state index contributed by atoms with van der Waals surface area (Å²) >= 11 is 0. The molecule has 240 valence electrons. The molecule has 4 rings (SSSR count). The van der Waals surface area contributed by atoms with E-state index in [1.807, 2.05) is 0 Å². The molecule has 1 heterocycles. The summed E-state index contributed by atoms with van der Waals surface area (Å²) in [5.41, 5.74) is -0.871. The van der Waals surface area contributed by atoms with Crippen molar-refractivity contribution in [1.29, 1.82) is 0 Å². The van der Waals surface area contributed by atoms with E-state index in [0.29, 0.717) is 16.7 Å². The number of hydrogen-bond donors (Lipinski definition) is 2. The number of rotatable bonds is 10. The average molecular weight is 648 g/mol. The van der Waals surface area contributed by atoms with Gasteiger partial charge in [-0.1, -0.05) is 54.6 Å². The number of hydrogen-bond acceptors (Lipinski definition) is 6. The predicted molar refractivity (Wildman–Crippen MR) is 160 cm³/mol. The Morgan fingerprint density at radius 2 is 1.47 bits per heavy atom. The van der Waals surface area contributed by atoms with Gasteiger partial charge >= 0.3 is 6.18 Å². The van der Waals surface area contributed by atoms with E-state index in [9.17, 15) is 40.4 Å². The highest BCUT2D eigenvalue weighted by atomic mass is 32.2. The Morgan fingerprint density at radius 1 is 0.911 bits per heavy atom. The maximum Gasteiger partial charge on any atom is 0.407 e. The van der Waals surface area contributed by atoms with Gasteiger partial charge in [-0.2, -0.15) is 13.2 Å². The Labute approximate surface area is 258 Å². The molecule has 45 heavy (non-hydrogen) atoms. The number of nitrogens with one attached hydrogen (secondary N) is 2. The third kappa shape index (κ3) is 8.76. The summed E-state index contributed by atoms with van der Waals surface area (Å²) in [5.74, 6) is -1.95. The Morgan fingerprint density at radius 3 is 1.98 bits per heavy atom. The van der Waals surface area contributed by atoms with E-state index in [2.05, 4.69) is 10.6 Å². The minimum Gasteiger partial charge on any atom is -0.343 e. The highest BCUT2D eigenvalue weighted by Crippen LogP contribution is 2.35. The zero-order valence-corrected chi connectivity index (χ0v) is 25.6. The molecule has 3 aromatic carbocycles. The summed E-state index contributed by atoms with van der Waals surface area (Å²) in [6.45, 7) is 1.78. The summed E-state index contributed by atoms with van der Waals surface area (Å²) in [5, 5.41) is 4.68. The van der Waals surface area contributed by atoms with Crippen molar-refractivity contribution in [2.45, 2.75) is 55.1 Å². The largest absolute Gasteiger partial charge is 0.407 e. The Kier molecular flexibility index (Phi) is 9.83. The van der Waals surface area contributed by atoms with Gasteiger partial charge in [-0.05, 0) is 54.8 Å². The molecule has 13 heteroatoms. The zero-order chi connectivity index (χ0) is 33.2. The first kappa shape index (κ1) is 33.8. The first-order valence-electron chi connectivity index (χ1n) is 14.0. The number of likely N-dealkylation sites (tertiary alicyclic amines) is 1. The smallest absolute Gasteiger partial charge is 0.343 e. The second kappa shape index (κ2) is 13.1. The summed E-state index contributed by atoms with van der Waals surface area (Å²) < 4.78 is 81.3. The lowest BCUT2D eigenvalue weighted by Gasteiger charge is -2.30.